The van der Waals surface area contributed by atoms with Crippen LogP contribution in [0.3, 0.4) is 0 Å². The summed E-state index contributed by atoms with van der Waals surface area (Å²) in [7, 11) is 1.52. The summed E-state index contributed by atoms with van der Waals surface area (Å²) < 4.78 is 44.5. The summed E-state index contributed by atoms with van der Waals surface area (Å²) in [6.07, 6.45) is -5.64. The first-order chi connectivity index (χ1) is 8.81. The maximum absolute atomic E-state index is 11.8. The number of nitrogens with one attached hydrogen (secondary N) is 1. The predicted octanol–water partition coefficient (Wildman–Crippen LogP) is 3.04. The normalized spacial score (nSPS) is 12.7. The molecule has 1 amide bonds. The van der Waals surface area contributed by atoms with Gasteiger partial charge in [-0.05, 0) is 24.6 Å². The zero-order valence-corrected chi connectivity index (χ0v) is 10.5. The lowest BCUT2D eigenvalue weighted by Crippen LogP contribution is -2.30. The third-order valence-corrected chi connectivity index (χ3v) is 2.32. The van der Waals surface area contributed by atoms with E-state index in [1.807, 2.05) is 0 Å². The highest BCUT2D eigenvalue weighted by atomic mass is 19.4. The Bertz CT molecular complexity index is 417. The summed E-state index contributed by atoms with van der Waals surface area (Å²) >= 11 is 0. The van der Waals surface area contributed by atoms with Crippen molar-refractivity contribution in [3.8, 4) is 5.75 Å². The average Bonchev–Trinajstić information content (AvgIpc) is 2.35. The Balaban J connectivity index is 2.49. The molecule has 1 rings (SSSR count). The van der Waals surface area contributed by atoms with Gasteiger partial charge >= 0.3 is 12.3 Å². The fourth-order valence-corrected chi connectivity index (χ4v) is 1.34. The molecule has 0 saturated heterocycles. The molecule has 1 N–H and O–H groups in total. The number of alkyl halides is 3. The van der Waals surface area contributed by atoms with Crippen LogP contribution in [0.2, 0.25) is 0 Å². The van der Waals surface area contributed by atoms with Gasteiger partial charge in [-0.1, -0.05) is 12.1 Å². The van der Waals surface area contributed by atoms with Gasteiger partial charge in [-0.2, -0.15) is 13.2 Å². The van der Waals surface area contributed by atoms with E-state index in [1.54, 1.807) is 31.2 Å². The predicted molar refractivity (Wildman–Crippen MR) is 61.9 cm³/mol. The van der Waals surface area contributed by atoms with Crippen LogP contribution < -0.4 is 10.1 Å². The van der Waals surface area contributed by atoms with Gasteiger partial charge in [0.05, 0.1) is 13.2 Å². The Hall–Kier alpha value is -1.92. The van der Waals surface area contributed by atoms with E-state index in [4.69, 9.17) is 4.74 Å². The summed E-state index contributed by atoms with van der Waals surface area (Å²) in [4.78, 5) is 11.1. The molecule has 1 unspecified atom stereocenters. The molecule has 0 heterocycles. The Morgan fingerprint density at radius 1 is 1.32 bits per heavy atom. The molecule has 0 saturated carbocycles. The Morgan fingerprint density at radius 2 is 1.89 bits per heavy atom. The molecule has 7 heteroatoms. The van der Waals surface area contributed by atoms with Crippen LogP contribution in [-0.2, 0) is 4.74 Å². The van der Waals surface area contributed by atoms with Crippen LogP contribution in [0.15, 0.2) is 24.3 Å². The third-order valence-electron chi connectivity index (χ3n) is 2.32. The van der Waals surface area contributed by atoms with E-state index in [9.17, 15) is 18.0 Å². The van der Waals surface area contributed by atoms with Gasteiger partial charge in [-0.15, -0.1) is 0 Å². The molecule has 19 heavy (non-hydrogen) atoms. The van der Waals surface area contributed by atoms with E-state index in [2.05, 4.69) is 10.1 Å². The lowest BCUT2D eigenvalue weighted by atomic mass is 10.1. The summed E-state index contributed by atoms with van der Waals surface area (Å²) in [6.45, 7) is 0.0326. The van der Waals surface area contributed by atoms with Crippen LogP contribution in [0.25, 0.3) is 0 Å². The zero-order valence-electron chi connectivity index (χ0n) is 10.5. The second kappa shape index (κ2) is 6.31. The van der Waals surface area contributed by atoms with Gasteiger partial charge in [-0.25, -0.2) is 4.79 Å². The lowest BCUT2D eigenvalue weighted by Gasteiger charge is -2.15. The van der Waals surface area contributed by atoms with Crippen molar-refractivity contribution in [2.75, 3.05) is 13.7 Å². The Labute approximate surface area is 108 Å². The molecular formula is C12H14F3NO3. The van der Waals surface area contributed by atoms with Crippen molar-refractivity contribution in [2.45, 2.75) is 19.1 Å². The topological polar surface area (TPSA) is 47.6 Å². The first kappa shape index (κ1) is 15.1. The van der Waals surface area contributed by atoms with E-state index >= 15 is 0 Å². The van der Waals surface area contributed by atoms with E-state index in [0.717, 1.165) is 5.56 Å². The van der Waals surface area contributed by atoms with Crippen LogP contribution in [0, 0.1) is 0 Å². The number of benzene rings is 1. The van der Waals surface area contributed by atoms with Crippen LogP contribution >= 0.6 is 0 Å². The van der Waals surface area contributed by atoms with Crippen molar-refractivity contribution in [3.63, 3.8) is 0 Å². The summed E-state index contributed by atoms with van der Waals surface area (Å²) in [5, 5.41) is 2.30. The molecule has 0 aromatic heterocycles. The van der Waals surface area contributed by atoms with E-state index < -0.39 is 24.9 Å². The largest absolute Gasteiger partial charge is 0.497 e. The average molecular weight is 277 g/mol. The molecule has 0 aliphatic rings. The van der Waals surface area contributed by atoms with Crippen molar-refractivity contribution >= 4 is 6.09 Å². The third kappa shape index (κ3) is 5.50. The minimum atomic E-state index is -4.53. The first-order valence-corrected chi connectivity index (χ1v) is 5.46. The molecule has 1 atom stereocenters. The SMILES string of the molecule is COc1ccc(C(C)NC(=O)OCC(F)(F)F)cc1. The van der Waals surface area contributed by atoms with Crippen molar-refractivity contribution < 1.29 is 27.4 Å². The van der Waals surface area contributed by atoms with Crippen molar-refractivity contribution in [1.82, 2.24) is 5.32 Å². The molecule has 0 fully saturated rings. The molecule has 0 spiro atoms. The Kier molecular flexibility index (Phi) is 5.02. The number of hydrogen-bond acceptors (Lipinski definition) is 3. The Morgan fingerprint density at radius 3 is 2.37 bits per heavy atom. The number of hydrogen-bond donors (Lipinski definition) is 1. The van der Waals surface area contributed by atoms with Gasteiger partial charge in [0.1, 0.15) is 5.75 Å². The molecule has 0 radical (unpaired) electrons. The number of halogens is 3. The zero-order chi connectivity index (χ0) is 14.5. The van der Waals surface area contributed by atoms with E-state index in [-0.39, 0.29) is 0 Å². The van der Waals surface area contributed by atoms with Gasteiger partial charge in [0.25, 0.3) is 0 Å². The minimum absolute atomic E-state index is 0.466. The standard InChI is InChI=1S/C12H14F3NO3/c1-8(9-3-5-10(18-2)6-4-9)16-11(17)19-7-12(13,14)15/h3-6,8H,7H2,1-2H3,(H,16,17). The second-order valence-corrected chi connectivity index (χ2v) is 3.83. The number of ether oxygens (including phenoxy) is 2. The van der Waals surface area contributed by atoms with Crippen molar-refractivity contribution in [3.05, 3.63) is 29.8 Å². The van der Waals surface area contributed by atoms with Crippen LogP contribution in [0.5, 0.6) is 5.75 Å². The smallest absolute Gasteiger partial charge is 0.422 e. The fourth-order valence-electron chi connectivity index (χ4n) is 1.34. The quantitative estimate of drug-likeness (QED) is 0.920. The lowest BCUT2D eigenvalue weighted by molar-refractivity contribution is -0.160. The molecule has 4 nitrogen and oxygen atoms in total. The number of carbonyl (C=O) groups is 1. The highest BCUT2D eigenvalue weighted by molar-refractivity contribution is 5.67. The summed E-state index contributed by atoms with van der Waals surface area (Å²) in [5.41, 5.74) is 0.727. The van der Waals surface area contributed by atoms with E-state index in [1.165, 1.54) is 7.11 Å². The van der Waals surface area contributed by atoms with Gasteiger partial charge < -0.3 is 14.8 Å². The molecule has 106 valence electrons. The molecule has 0 bridgehead atoms. The number of amides is 1. The van der Waals surface area contributed by atoms with Gasteiger partial charge in [-0.3, -0.25) is 0 Å². The highest BCUT2D eigenvalue weighted by Gasteiger charge is 2.29. The number of alkyl carbamates (subject to hydrolysis) is 1. The molecule has 0 aliphatic heterocycles. The van der Waals surface area contributed by atoms with E-state index in [0.29, 0.717) is 5.75 Å². The minimum Gasteiger partial charge on any atom is -0.497 e. The van der Waals surface area contributed by atoms with Gasteiger partial charge in [0.2, 0.25) is 0 Å². The maximum Gasteiger partial charge on any atom is 0.422 e. The number of methoxy groups -OCH3 is 1. The van der Waals surface area contributed by atoms with Crippen LogP contribution in [-0.4, -0.2) is 26.0 Å². The van der Waals surface area contributed by atoms with Crippen LogP contribution in [0.1, 0.15) is 18.5 Å². The molecular weight excluding hydrogens is 263 g/mol. The fraction of sp³-hybridized carbons (Fsp3) is 0.417. The van der Waals surface area contributed by atoms with Crippen LogP contribution in [0.4, 0.5) is 18.0 Å². The number of carbonyl (C=O) groups excluding carboxylic acids is 1. The second-order valence-electron chi connectivity index (χ2n) is 3.83. The first-order valence-electron chi connectivity index (χ1n) is 5.46. The van der Waals surface area contributed by atoms with Crippen molar-refractivity contribution in [2.24, 2.45) is 0 Å². The molecule has 1 aromatic rings. The molecule has 0 aliphatic carbocycles. The number of rotatable bonds is 4. The maximum atomic E-state index is 11.8. The summed E-state index contributed by atoms with van der Waals surface area (Å²) in [5.74, 6) is 0.649. The van der Waals surface area contributed by atoms with Crippen molar-refractivity contribution in [1.29, 1.82) is 0 Å². The van der Waals surface area contributed by atoms with Gasteiger partial charge in [0.15, 0.2) is 6.61 Å². The molecule has 1 aromatic carbocycles. The monoisotopic (exact) mass is 277 g/mol. The highest BCUT2D eigenvalue weighted by Crippen LogP contribution is 2.18. The van der Waals surface area contributed by atoms with Gasteiger partial charge in [0, 0.05) is 0 Å². The summed E-state index contributed by atoms with van der Waals surface area (Å²) in [6, 6.07) is 6.32.